The maximum atomic E-state index is 13.4. The van der Waals surface area contributed by atoms with Crippen LogP contribution in [0.15, 0.2) is 43.0 Å². The lowest BCUT2D eigenvalue weighted by Crippen LogP contribution is -2.27. The van der Waals surface area contributed by atoms with Crippen LogP contribution >= 0.6 is 0 Å². The second-order valence-corrected chi connectivity index (χ2v) is 9.59. The molecule has 3 N–H and O–H groups in total. The maximum Gasteiger partial charge on any atom is 0.437 e. The van der Waals surface area contributed by atoms with E-state index in [0.717, 1.165) is 22.7 Å². The molecule has 1 saturated carbocycles. The Hall–Kier alpha value is -3.71. The highest BCUT2D eigenvalue weighted by Crippen LogP contribution is 2.39. The molecule has 1 atom stereocenters. The van der Waals surface area contributed by atoms with Gasteiger partial charge in [-0.1, -0.05) is 0 Å². The van der Waals surface area contributed by atoms with Crippen molar-refractivity contribution in [1.29, 1.82) is 0 Å². The third-order valence-corrected chi connectivity index (χ3v) is 6.79. The summed E-state index contributed by atoms with van der Waals surface area (Å²) in [5, 5.41) is 32.2. The highest BCUT2D eigenvalue weighted by atomic mass is 19.4. The molecular weight excluding hydrogens is 515 g/mol. The highest BCUT2D eigenvalue weighted by Gasteiger charge is 2.37. The number of aliphatic hydroxyl groups is 2. The first-order valence-electron chi connectivity index (χ1n) is 12.9. The molecule has 1 aliphatic carbocycles. The van der Waals surface area contributed by atoms with Crippen LogP contribution < -0.4 is 10.1 Å². The summed E-state index contributed by atoms with van der Waals surface area (Å²) in [7, 11) is 0. The standard InChI is InChI=1S/C26H30F3N7O3/c1-2-30-23-10-21-20(12-32-23)24(16-11-33-35(13-16)14-18(38)15-37)34-36(21)17-5-7-19(8-6-17)39-22-4-3-9-31-25(22)26(27,28)29/h3-4,9-13,17-19,37-38H,2,5-8,14-15H2,1H3,(H,30,32)/t17?,18-,19?/m0/s1. The van der Waals surface area contributed by atoms with Crippen molar-refractivity contribution in [3.05, 3.63) is 48.7 Å². The molecular formula is C26H30F3N7O3. The topological polar surface area (TPSA) is 123 Å². The Morgan fingerprint density at radius 3 is 2.69 bits per heavy atom. The van der Waals surface area contributed by atoms with Gasteiger partial charge < -0.3 is 20.3 Å². The second-order valence-electron chi connectivity index (χ2n) is 9.59. The summed E-state index contributed by atoms with van der Waals surface area (Å²) in [6.07, 6.45) is 2.91. The zero-order chi connectivity index (χ0) is 27.6. The van der Waals surface area contributed by atoms with Crippen molar-refractivity contribution in [2.24, 2.45) is 0 Å². The summed E-state index contributed by atoms with van der Waals surface area (Å²) in [6, 6.07) is 4.71. The Balaban J connectivity index is 1.39. The number of hydrogen-bond donors (Lipinski definition) is 3. The molecule has 4 aromatic heterocycles. The lowest BCUT2D eigenvalue weighted by Gasteiger charge is -2.30. The summed E-state index contributed by atoms with van der Waals surface area (Å²) in [6.45, 7) is 2.47. The van der Waals surface area contributed by atoms with Crippen molar-refractivity contribution in [2.75, 3.05) is 18.5 Å². The Bertz CT molecular complexity index is 1410. The molecule has 39 heavy (non-hydrogen) atoms. The second kappa shape index (κ2) is 11.2. The normalized spacial score (nSPS) is 18.8. The molecule has 0 bridgehead atoms. The van der Waals surface area contributed by atoms with Gasteiger partial charge in [-0.15, -0.1) is 0 Å². The Morgan fingerprint density at radius 1 is 1.18 bits per heavy atom. The molecule has 0 spiro atoms. The van der Waals surface area contributed by atoms with Crippen LogP contribution in [-0.4, -0.2) is 65.1 Å². The molecule has 5 rings (SSSR count). The third kappa shape index (κ3) is 5.83. The summed E-state index contributed by atoms with van der Waals surface area (Å²) in [5.41, 5.74) is 1.31. The summed E-state index contributed by atoms with van der Waals surface area (Å²) >= 11 is 0. The van der Waals surface area contributed by atoms with Crippen LogP contribution in [0.25, 0.3) is 22.2 Å². The van der Waals surface area contributed by atoms with Gasteiger partial charge in [-0.05, 0) is 44.7 Å². The van der Waals surface area contributed by atoms with Gasteiger partial charge in [0, 0.05) is 42.2 Å². The number of fused-ring (bicyclic) bond motifs is 1. The van der Waals surface area contributed by atoms with E-state index < -0.39 is 18.0 Å². The zero-order valence-electron chi connectivity index (χ0n) is 21.3. The monoisotopic (exact) mass is 545 g/mol. The maximum absolute atomic E-state index is 13.4. The molecule has 0 amide bonds. The minimum absolute atomic E-state index is 0.0141. The molecule has 0 aromatic carbocycles. The summed E-state index contributed by atoms with van der Waals surface area (Å²) in [5.74, 6) is 0.470. The van der Waals surface area contributed by atoms with Crippen LogP contribution in [0.3, 0.4) is 0 Å². The van der Waals surface area contributed by atoms with Gasteiger partial charge in [-0.25, -0.2) is 9.97 Å². The minimum atomic E-state index is -4.58. The van der Waals surface area contributed by atoms with Gasteiger partial charge in [-0.2, -0.15) is 23.4 Å². The SMILES string of the molecule is CCNc1cc2c(cn1)c(-c1cnn(C[C@H](O)CO)c1)nn2C1CCC(Oc2cccnc2C(F)(F)F)CC1. The van der Waals surface area contributed by atoms with Gasteiger partial charge in [0.25, 0.3) is 0 Å². The number of pyridine rings is 2. The molecule has 0 aliphatic heterocycles. The van der Waals surface area contributed by atoms with Crippen LogP contribution in [0.4, 0.5) is 19.0 Å². The van der Waals surface area contributed by atoms with Gasteiger partial charge in [0.05, 0.1) is 43.1 Å². The average molecular weight is 546 g/mol. The van der Waals surface area contributed by atoms with Crippen molar-refractivity contribution < 1.29 is 28.1 Å². The first-order valence-corrected chi connectivity index (χ1v) is 12.9. The molecule has 1 fully saturated rings. The van der Waals surface area contributed by atoms with E-state index in [4.69, 9.17) is 14.9 Å². The predicted octanol–water partition coefficient (Wildman–Crippen LogP) is 4.06. The largest absolute Gasteiger partial charge is 0.488 e. The number of aliphatic hydroxyl groups excluding tert-OH is 2. The van der Waals surface area contributed by atoms with Crippen LogP contribution in [0.2, 0.25) is 0 Å². The predicted molar refractivity (Wildman–Crippen MR) is 137 cm³/mol. The van der Waals surface area contributed by atoms with E-state index >= 15 is 0 Å². The van der Waals surface area contributed by atoms with Gasteiger partial charge in [0.15, 0.2) is 11.4 Å². The quantitative estimate of drug-likeness (QED) is 0.288. The average Bonchev–Trinajstić information content (AvgIpc) is 3.53. The van der Waals surface area contributed by atoms with Gasteiger partial charge in [-0.3, -0.25) is 9.36 Å². The smallest absolute Gasteiger partial charge is 0.437 e. The fraction of sp³-hybridized carbons (Fsp3) is 0.462. The van der Waals surface area contributed by atoms with E-state index in [2.05, 4.69) is 20.4 Å². The minimum Gasteiger partial charge on any atom is -0.488 e. The molecule has 13 heteroatoms. The van der Waals surface area contributed by atoms with Crippen molar-refractivity contribution in [2.45, 2.75) is 63.6 Å². The molecule has 1 aliphatic rings. The van der Waals surface area contributed by atoms with E-state index in [1.165, 1.54) is 12.1 Å². The van der Waals surface area contributed by atoms with Crippen LogP contribution in [0.1, 0.15) is 44.3 Å². The van der Waals surface area contributed by atoms with Gasteiger partial charge in [0.1, 0.15) is 11.5 Å². The summed E-state index contributed by atoms with van der Waals surface area (Å²) < 4.78 is 49.3. The number of alkyl halides is 3. The third-order valence-electron chi connectivity index (χ3n) is 6.79. The Morgan fingerprint density at radius 2 is 1.97 bits per heavy atom. The fourth-order valence-electron chi connectivity index (χ4n) is 4.95. The number of aromatic nitrogens is 6. The number of rotatable bonds is 9. The highest BCUT2D eigenvalue weighted by molar-refractivity contribution is 5.93. The van der Waals surface area contributed by atoms with E-state index in [0.29, 0.717) is 43.7 Å². The van der Waals surface area contributed by atoms with E-state index in [-0.39, 0.29) is 31.0 Å². The van der Waals surface area contributed by atoms with Crippen molar-refractivity contribution in [3.63, 3.8) is 0 Å². The van der Waals surface area contributed by atoms with E-state index in [1.807, 2.05) is 17.7 Å². The molecule has 4 heterocycles. The number of anilines is 1. The number of nitrogens with one attached hydrogen (secondary N) is 1. The Kier molecular flexibility index (Phi) is 7.71. The van der Waals surface area contributed by atoms with E-state index in [1.54, 1.807) is 23.3 Å². The lowest BCUT2D eigenvalue weighted by atomic mass is 9.93. The summed E-state index contributed by atoms with van der Waals surface area (Å²) in [4.78, 5) is 7.99. The first kappa shape index (κ1) is 26.9. The zero-order valence-corrected chi connectivity index (χ0v) is 21.3. The van der Waals surface area contributed by atoms with Crippen LogP contribution in [-0.2, 0) is 12.7 Å². The Labute approximate surface area is 222 Å². The number of nitrogens with zero attached hydrogens (tertiary/aromatic N) is 6. The first-order chi connectivity index (χ1) is 18.8. The molecule has 10 nitrogen and oxygen atoms in total. The van der Waals surface area contributed by atoms with Crippen molar-refractivity contribution in [3.8, 4) is 17.0 Å². The van der Waals surface area contributed by atoms with Crippen molar-refractivity contribution >= 4 is 16.7 Å². The fourth-order valence-corrected chi connectivity index (χ4v) is 4.95. The molecule has 4 aromatic rings. The van der Waals surface area contributed by atoms with Gasteiger partial charge >= 0.3 is 6.18 Å². The molecule has 208 valence electrons. The number of hydrogen-bond acceptors (Lipinski definition) is 8. The number of ether oxygens (including phenoxy) is 1. The van der Waals surface area contributed by atoms with Crippen molar-refractivity contribution in [1.82, 2.24) is 29.5 Å². The van der Waals surface area contributed by atoms with Crippen LogP contribution in [0, 0.1) is 0 Å². The lowest BCUT2D eigenvalue weighted by molar-refractivity contribution is -0.143. The molecule has 0 unspecified atom stereocenters. The molecule has 0 radical (unpaired) electrons. The van der Waals surface area contributed by atoms with E-state index in [9.17, 15) is 18.3 Å². The van der Waals surface area contributed by atoms with Crippen LogP contribution in [0.5, 0.6) is 5.75 Å². The number of halogens is 3. The van der Waals surface area contributed by atoms with Gasteiger partial charge in [0.2, 0.25) is 0 Å². The molecule has 0 saturated heterocycles.